The average molecular weight is 152 g/mol. The predicted octanol–water partition coefficient (Wildman–Crippen LogP) is 2.73. The SMILES string of the molecule is C=CC(=O)C[C@@H](C)C=C(C)C. The van der Waals surface area contributed by atoms with Gasteiger partial charge in [0.2, 0.25) is 0 Å². The van der Waals surface area contributed by atoms with E-state index in [1.165, 1.54) is 11.6 Å². The Morgan fingerprint density at radius 1 is 1.55 bits per heavy atom. The molecule has 0 spiro atoms. The van der Waals surface area contributed by atoms with Crippen LogP contribution in [0.5, 0.6) is 0 Å². The molecule has 11 heavy (non-hydrogen) atoms. The Morgan fingerprint density at radius 2 is 2.09 bits per heavy atom. The van der Waals surface area contributed by atoms with E-state index in [-0.39, 0.29) is 5.78 Å². The third kappa shape index (κ3) is 5.59. The van der Waals surface area contributed by atoms with E-state index in [9.17, 15) is 4.79 Å². The molecule has 62 valence electrons. The Kier molecular flexibility index (Phi) is 4.51. The Hall–Kier alpha value is -0.850. The van der Waals surface area contributed by atoms with Crippen molar-refractivity contribution < 1.29 is 4.79 Å². The number of carbonyl (C=O) groups excluding carboxylic acids is 1. The van der Waals surface area contributed by atoms with Crippen LogP contribution >= 0.6 is 0 Å². The molecule has 0 aliphatic carbocycles. The highest BCUT2D eigenvalue weighted by Gasteiger charge is 2.01. The second kappa shape index (κ2) is 4.89. The van der Waals surface area contributed by atoms with Crippen molar-refractivity contribution in [2.45, 2.75) is 27.2 Å². The first-order valence-corrected chi connectivity index (χ1v) is 3.86. The van der Waals surface area contributed by atoms with E-state index in [2.05, 4.69) is 12.7 Å². The van der Waals surface area contributed by atoms with Crippen LogP contribution in [-0.2, 0) is 4.79 Å². The molecule has 1 nitrogen and oxygen atoms in total. The fraction of sp³-hybridized carbons (Fsp3) is 0.500. The number of ketones is 1. The van der Waals surface area contributed by atoms with Crippen LogP contribution < -0.4 is 0 Å². The lowest BCUT2D eigenvalue weighted by Gasteiger charge is -2.02. The maximum Gasteiger partial charge on any atom is 0.155 e. The fourth-order valence-electron chi connectivity index (χ4n) is 1.03. The van der Waals surface area contributed by atoms with Crippen LogP contribution in [0.1, 0.15) is 27.2 Å². The lowest BCUT2D eigenvalue weighted by atomic mass is 10.0. The predicted molar refractivity (Wildman–Crippen MR) is 48.4 cm³/mol. The molecule has 0 amide bonds. The van der Waals surface area contributed by atoms with E-state index in [4.69, 9.17) is 0 Å². The molecule has 0 aliphatic rings. The van der Waals surface area contributed by atoms with Gasteiger partial charge in [-0.3, -0.25) is 4.79 Å². The molecule has 0 rings (SSSR count). The van der Waals surface area contributed by atoms with E-state index in [1.807, 2.05) is 20.8 Å². The normalized spacial score (nSPS) is 11.9. The van der Waals surface area contributed by atoms with Crippen LogP contribution in [0.15, 0.2) is 24.3 Å². The first-order chi connectivity index (χ1) is 5.06. The highest BCUT2D eigenvalue weighted by molar-refractivity contribution is 5.89. The van der Waals surface area contributed by atoms with E-state index in [0.717, 1.165) is 0 Å². The summed E-state index contributed by atoms with van der Waals surface area (Å²) in [7, 11) is 0. The summed E-state index contributed by atoms with van der Waals surface area (Å²) >= 11 is 0. The van der Waals surface area contributed by atoms with Crippen molar-refractivity contribution in [2.24, 2.45) is 5.92 Å². The number of hydrogen-bond acceptors (Lipinski definition) is 1. The maximum atomic E-state index is 10.9. The summed E-state index contributed by atoms with van der Waals surface area (Å²) in [4.78, 5) is 10.9. The zero-order valence-corrected chi connectivity index (χ0v) is 7.55. The lowest BCUT2D eigenvalue weighted by molar-refractivity contribution is -0.115. The summed E-state index contributed by atoms with van der Waals surface area (Å²) < 4.78 is 0. The number of hydrogen-bond donors (Lipinski definition) is 0. The first kappa shape index (κ1) is 10.2. The average Bonchev–Trinajstić information content (AvgIpc) is 1.85. The second-order valence-corrected chi connectivity index (χ2v) is 3.10. The van der Waals surface area contributed by atoms with Crippen LogP contribution in [0.2, 0.25) is 0 Å². The quantitative estimate of drug-likeness (QED) is 0.447. The molecule has 0 N–H and O–H groups in total. The number of allylic oxidation sites excluding steroid dienone is 3. The molecule has 0 aromatic heterocycles. The van der Waals surface area contributed by atoms with Gasteiger partial charge in [-0.15, -0.1) is 0 Å². The van der Waals surface area contributed by atoms with Crippen molar-refractivity contribution in [3.05, 3.63) is 24.3 Å². The van der Waals surface area contributed by atoms with Crippen molar-refractivity contribution in [1.29, 1.82) is 0 Å². The molecule has 0 saturated heterocycles. The van der Waals surface area contributed by atoms with Crippen molar-refractivity contribution >= 4 is 5.78 Å². The van der Waals surface area contributed by atoms with Crippen molar-refractivity contribution in [3.8, 4) is 0 Å². The standard InChI is InChI=1S/C10H16O/c1-5-10(11)7-9(4)6-8(2)3/h5-6,9H,1,7H2,2-4H3/t9-/m0/s1. The van der Waals surface area contributed by atoms with Crippen LogP contribution in [0, 0.1) is 5.92 Å². The molecule has 0 saturated carbocycles. The van der Waals surface area contributed by atoms with Gasteiger partial charge < -0.3 is 0 Å². The fourth-order valence-corrected chi connectivity index (χ4v) is 1.03. The molecule has 0 heterocycles. The van der Waals surface area contributed by atoms with Crippen molar-refractivity contribution in [1.82, 2.24) is 0 Å². The Balaban J connectivity index is 3.87. The first-order valence-electron chi connectivity index (χ1n) is 3.86. The zero-order valence-electron chi connectivity index (χ0n) is 7.55. The van der Waals surface area contributed by atoms with Gasteiger partial charge in [0.05, 0.1) is 0 Å². The molecule has 0 unspecified atom stereocenters. The minimum Gasteiger partial charge on any atom is -0.295 e. The highest BCUT2D eigenvalue weighted by Crippen LogP contribution is 2.07. The molecule has 0 bridgehead atoms. The summed E-state index contributed by atoms with van der Waals surface area (Å²) in [5, 5.41) is 0. The molecule has 0 radical (unpaired) electrons. The van der Waals surface area contributed by atoms with E-state index in [0.29, 0.717) is 12.3 Å². The van der Waals surface area contributed by atoms with Crippen LogP contribution in [0.4, 0.5) is 0 Å². The van der Waals surface area contributed by atoms with E-state index in [1.54, 1.807) is 0 Å². The molecular weight excluding hydrogens is 136 g/mol. The molecule has 0 aromatic rings. The van der Waals surface area contributed by atoms with Gasteiger partial charge in [0.1, 0.15) is 0 Å². The smallest absolute Gasteiger partial charge is 0.155 e. The summed E-state index contributed by atoms with van der Waals surface area (Å²) in [6.45, 7) is 9.53. The monoisotopic (exact) mass is 152 g/mol. The maximum absolute atomic E-state index is 10.9. The summed E-state index contributed by atoms with van der Waals surface area (Å²) in [5.41, 5.74) is 1.26. The van der Waals surface area contributed by atoms with Crippen LogP contribution in [0.3, 0.4) is 0 Å². The zero-order chi connectivity index (χ0) is 8.85. The van der Waals surface area contributed by atoms with Gasteiger partial charge in [0.15, 0.2) is 5.78 Å². The minimum absolute atomic E-state index is 0.120. The van der Waals surface area contributed by atoms with Gasteiger partial charge in [-0.25, -0.2) is 0 Å². The molecule has 1 heteroatoms. The molecule has 1 atom stereocenters. The van der Waals surface area contributed by atoms with Gasteiger partial charge in [-0.05, 0) is 25.8 Å². The van der Waals surface area contributed by atoms with Crippen molar-refractivity contribution in [3.63, 3.8) is 0 Å². The second-order valence-electron chi connectivity index (χ2n) is 3.10. The van der Waals surface area contributed by atoms with Gasteiger partial charge in [0, 0.05) is 6.42 Å². The Labute approximate surface area is 68.8 Å². The summed E-state index contributed by atoms with van der Waals surface area (Å²) in [6, 6.07) is 0. The van der Waals surface area contributed by atoms with E-state index >= 15 is 0 Å². The topological polar surface area (TPSA) is 17.1 Å². The third-order valence-electron chi connectivity index (χ3n) is 1.37. The number of carbonyl (C=O) groups is 1. The summed E-state index contributed by atoms with van der Waals surface area (Å²) in [5.74, 6) is 0.459. The lowest BCUT2D eigenvalue weighted by Crippen LogP contribution is -1.99. The van der Waals surface area contributed by atoms with Gasteiger partial charge in [0.25, 0.3) is 0 Å². The van der Waals surface area contributed by atoms with E-state index < -0.39 is 0 Å². The van der Waals surface area contributed by atoms with Gasteiger partial charge in [-0.2, -0.15) is 0 Å². The molecule has 0 aliphatic heterocycles. The Morgan fingerprint density at radius 3 is 2.45 bits per heavy atom. The minimum atomic E-state index is 0.120. The Bertz CT molecular complexity index is 173. The third-order valence-corrected chi connectivity index (χ3v) is 1.37. The van der Waals surface area contributed by atoms with Crippen LogP contribution in [0.25, 0.3) is 0 Å². The largest absolute Gasteiger partial charge is 0.295 e. The molecular formula is C10H16O. The van der Waals surface area contributed by atoms with Crippen molar-refractivity contribution in [2.75, 3.05) is 0 Å². The van der Waals surface area contributed by atoms with Crippen LogP contribution in [-0.4, -0.2) is 5.78 Å². The molecule has 0 aromatic carbocycles. The van der Waals surface area contributed by atoms with Gasteiger partial charge in [-0.1, -0.05) is 25.2 Å². The number of rotatable bonds is 4. The molecule has 0 fully saturated rings. The highest BCUT2D eigenvalue weighted by atomic mass is 16.1. The summed E-state index contributed by atoms with van der Waals surface area (Å²) in [6.07, 6.45) is 4.06. The van der Waals surface area contributed by atoms with Gasteiger partial charge >= 0.3 is 0 Å².